The number of ether oxygens (including phenoxy) is 2. The highest BCUT2D eigenvalue weighted by molar-refractivity contribution is 5.85. The maximum absolute atomic E-state index is 13.5. The lowest BCUT2D eigenvalue weighted by Gasteiger charge is -2.35. The summed E-state index contributed by atoms with van der Waals surface area (Å²) in [6.07, 6.45) is 3.64. The molecular weight excluding hydrogens is 420 g/mol. The molecule has 2 heterocycles. The van der Waals surface area contributed by atoms with Crippen molar-refractivity contribution >= 4 is 30.7 Å². The first-order valence-corrected chi connectivity index (χ1v) is 9.86. The van der Waals surface area contributed by atoms with Crippen LogP contribution in [0.1, 0.15) is 25.7 Å². The van der Waals surface area contributed by atoms with Crippen molar-refractivity contribution in [2.45, 2.75) is 37.8 Å². The molecule has 0 radical (unpaired) electrons. The summed E-state index contributed by atoms with van der Waals surface area (Å²) >= 11 is 0. The number of para-hydroxylation sites is 1. The highest BCUT2D eigenvalue weighted by Gasteiger charge is 2.31. The minimum atomic E-state index is -0.395. The van der Waals surface area contributed by atoms with Gasteiger partial charge in [-0.05, 0) is 37.8 Å². The molecule has 0 unspecified atom stereocenters. The van der Waals surface area contributed by atoms with Crippen molar-refractivity contribution in [1.29, 1.82) is 0 Å². The van der Waals surface area contributed by atoms with E-state index in [0.29, 0.717) is 12.6 Å². The SMILES string of the molecule is Cl.Cl.N[C@H]1CC[C@@H](C(=O)NCCOc2ccccc2F)CN(C2CCOCC2)C1. The largest absolute Gasteiger partial charge is 0.489 e. The average molecular weight is 452 g/mol. The minimum Gasteiger partial charge on any atom is -0.489 e. The molecule has 1 aromatic rings. The fourth-order valence-electron chi connectivity index (χ4n) is 3.86. The monoisotopic (exact) mass is 451 g/mol. The summed E-state index contributed by atoms with van der Waals surface area (Å²) in [6.45, 7) is 3.72. The highest BCUT2D eigenvalue weighted by atomic mass is 35.5. The van der Waals surface area contributed by atoms with Gasteiger partial charge in [0.2, 0.25) is 5.91 Å². The van der Waals surface area contributed by atoms with Gasteiger partial charge in [-0.15, -0.1) is 24.8 Å². The molecule has 0 bridgehead atoms. The predicted octanol–water partition coefficient (Wildman–Crippen LogP) is 2.38. The number of nitrogens with one attached hydrogen (secondary N) is 1. The van der Waals surface area contributed by atoms with Crippen molar-refractivity contribution in [2.24, 2.45) is 11.7 Å². The van der Waals surface area contributed by atoms with E-state index < -0.39 is 5.82 Å². The van der Waals surface area contributed by atoms with E-state index in [1.54, 1.807) is 18.2 Å². The molecule has 6 nitrogen and oxygen atoms in total. The Bertz CT molecular complexity index is 620. The second kappa shape index (κ2) is 13.2. The Labute approximate surface area is 184 Å². The molecule has 1 amide bonds. The van der Waals surface area contributed by atoms with Gasteiger partial charge in [-0.3, -0.25) is 9.69 Å². The molecular formula is C20H32Cl2FN3O3. The van der Waals surface area contributed by atoms with E-state index in [2.05, 4.69) is 10.2 Å². The van der Waals surface area contributed by atoms with Crippen LogP contribution in [0.25, 0.3) is 0 Å². The molecule has 1 aromatic carbocycles. The molecule has 2 fully saturated rings. The van der Waals surface area contributed by atoms with Crippen molar-refractivity contribution in [3.05, 3.63) is 30.1 Å². The molecule has 0 aliphatic carbocycles. The predicted molar refractivity (Wildman–Crippen MR) is 116 cm³/mol. The summed E-state index contributed by atoms with van der Waals surface area (Å²) in [5.41, 5.74) is 6.23. The summed E-state index contributed by atoms with van der Waals surface area (Å²) in [4.78, 5) is 15.0. The first-order valence-electron chi connectivity index (χ1n) is 9.86. The Morgan fingerprint density at radius 2 is 1.90 bits per heavy atom. The number of amides is 1. The maximum atomic E-state index is 13.5. The van der Waals surface area contributed by atoms with Gasteiger partial charge in [-0.25, -0.2) is 4.39 Å². The van der Waals surface area contributed by atoms with E-state index in [9.17, 15) is 9.18 Å². The first-order chi connectivity index (χ1) is 13.1. The molecule has 0 aromatic heterocycles. The number of rotatable bonds is 6. The molecule has 9 heteroatoms. The van der Waals surface area contributed by atoms with Crippen LogP contribution in [0.15, 0.2) is 24.3 Å². The standard InChI is InChI=1S/C20H30FN3O3.2ClH/c21-18-3-1-2-4-19(18)27-12-9-23-20(25)15-5-6-16(22)14-24(13-15)17-7-10-26-11-8-17;;/h1-4,15-17H,5-14,22H2,(H,23,25);2*1H/t15-,16+;;/m1../s1. The van der Waals surface area contributed by atoms with E-state index in [1.165, 1.54) is 6.07 Å². The highest BCUT2D eigenvalue weighted by Crippen LogP contribution is 2.22. The van der Waals surface area contributed by atoms with Crippen LogP contribution in [0.2, 0.25) is 0 Å². The van der Waals surface area contributed by atoms with E-state index in [1.807, 2.05) is 0 Å². The zero-order valence-corrected chi connectivity index (χ0v) is 18.2. The van der Waals surface area contributed by atoms with Gasteiger partial charge in [-0.1, -0.05) is 12.1 Å². The zero-order valence-electron chi connectivity index (χ0n) is 16.6. The number of halogens is 3. The average Bonchev–Trinajstić information content (AvgIpc) is 2.89. The number of nitrogens with zero attached hydrogens (tertiary/aromatic N) is 1. The summed E-state index contributed by atoms with van der Waals surface area (Å²) in [5, 5.41) is 2.93. The van der Waals surface area contributed by atoms with Crippen LogP contribution in [0.5, 0.6) is 5.75 Å². The number of benzene rings is 1. The zero-order chi connectivity index (χ0) is 19.1. The molecule has 166 valence electrons. The Balaban J connectivity index is 0.00000210. The molecule has 2 aliphatic rings. The van der Waals surface area contributed by atoms with Crippen LogP contribution in [-0.2, 0) is 9.53 Å². The number of carbonyl (C=O) groups excluding carboxylic acids is 1. The Hall–Kier alpha value is -1.12. The van der Waals surface area contributed by atoms with Crippen molar-refractivity contribution in [2.75, 3.05) is 39.5 Å². The smallest absolute Gasteiger partial charge is 0.224 e. The third kappa shape index (κ3) is 7.90. The molecule has 2 atom stereocenters. The molecule has 2 aliphatic heterocycles. The van der Waals surface area contributed by atoms with Gasteiger partial charge in [0.1, 0.15) is 6.61 Å². The lowest BCUT2D eigenvalue weighted by molar-refractivity contribution is -0.126. The third-order valence-electron chi connectivity index (χ3n) is 5.38. The molecule has 2 saturated heterocycles. The van der Waals surface area contributed by atoms with Crippen molar-refractivity contribution in [1.82, 2.24) is 10.2 Å². The van der Waals surface area contributed by atoms with Crippen LogP contribution in [-0.4, -0.2) is 62.3 Å². The Kier molecular flexibility index (Phi) is 11.8. The van der Waals surface area contributed by atoms with Gasteiger partial charge in [0.05, 0.1) is 12.5 Å². The fourth-order valence-corrected chi connectivity index (χ4v) is 3.86. The number of carbonyl (C=O) groups is 1. The lowest BCUT2D eigenvalue weighted by Crippen LogP contribution is -2.47. The number of likely N-dealkylation sites (tertiary alicyclic amines) is 1. The maximum Gasteiger partial charge on any atom is 0.224 e. The van der Waals surface area contributed by atoms with Crippen LogP contribution in [0.4, 0.5) is 4.39 Å². The molecule has 3 N–H and O–H groups in total. The normalized spacial score (nSPS) is 23.2. The minimum absolute atomic E-state index is 0. The third-order valence-corrected chi connectivity index (χ3v) is 5.38. The van der Waals surface area contributed by atoms with E-state index in [-0.39, 0.29) is 55.0 Å². The van der Waals surface area contributed by atoms with Crippen molar-refractivity contribution < 1.29 is 18.7 Å². The molecule has 0 saturated carbocycles. The summed E-state index contributed by atoms with van der Waals surface area (Å²) in [5.74, 6) is -0.236. The Morgan fingerprint density at radius 1 is 1.17 bits per heavy atom. The van der Waals surface area contributed by atoms with Gasteiger partial charge in [0, 0.05) is 38.4 Å². The van der Waals surface area contributed by atoms with Crippen molar-refractivity contribution in [3.63, 3.8) is 0 Å². The van der Waals surface area contributed by atoms with Crippen LogP contribution in [0, 0.1) is 11.7 Å². The molecule has 3 rings (SSSR count). The summed E-state index contributed by atoms with van der Waals surface area (Å²) < 4.78 is 24.4. The van der Waals surface area contributed by atoms with E-state index in [4.69, 9.17) is 15.2 Å². The van der Waals surface area contributed by atoms with Gasteiger partial charge >= 0.3 is 0 Å². The van der Waals surface area contributed by atoms with Crippen LogP contribution < -0.4 is 15.8 Å². The first kappa shape index (κ1) is 25.9. The molecule has 0 spiro atoms. The lowest BCUT2D eigenvalue weighted by atomic mass is 10.0. The van der Waals surface area contributed by atoms with Gasteiger partial charge in [-0.2, -0.15) is 0 Å². The number of nitrogens with two attached hydrogens (primary N) is 1. The number of hydrogen-bond donors (Lipinski definition) is 2. The second-order valence-electron chi connectivity index (χ2n) is 7.40. The molecule has 29 heavy (non-hydrogen) atoms. The van der Waals surface area contributed by atoms with Gasteiger partial charge < -0.3 is 20.5 Å². The topological polar surface area (TPSA) is 76.8 Å². The van der Waals surface area contributed by atoms with Crippen molar-refractivity contribution in [3.8, 4) is 5.75 Å². The van der Waals surface area contributed by atoms with Gasteiger partial charge in [0.15, 0.2) is 11.6 Å². The summed E-state index contributed by atoms with van der Waals surface area (Å²) in [7, 11) is 0. The quantitative estimate of drug-likeness (QED) is 0.649. The van der Waals surface area contributed by atoms with Crippen LogP contribution >= 0.6 is 24.8 Å². The van der Waals surface area contributed by atoms with Crippen LogP contribution in [0.3, 0.4) is 0 Å². The van der Waals surface area contributed by atoms with E-state index >= 15 is 0 Å². The van der Waals surface area contributed by atoms with Gasteiger partial charge in [0.25, 0.3) is 0 Å². The number of hydrogen-bond acceptors (Lipinski definition) is 5. The summed E-state index contributed by atoms with van der Waals surface area (Å²) in [6, 6.07) is 6.82. The fraction of sp³-hybridized carbons (Fsp3) is 0.650. The second-order valence-corrected chi connectivity index (χ2v) is 7.40. The van der Waals surface area contributed by atoms with E-state index in [0.717, 1.165) is 52.0 Å². The Morgan fingerprint density at radius 3 is 2.62 bits per heavy atom.